The van der Waals surface area contributed by atoms with Gasteiger partial charge in [0.1, 0.15) is 0 Å². The maximum Gasteiger partial charge on any atom is 0.223 e. The summed E-state index contributed by atoms with van der Waals surface area (Å²) in [5.74, 6) is 0.301. The SMILES string of the molecule is CC(C)n1ccc(CC2CCNC2=O)n1. The zero-order chi connectivity index (χ0) is 10.8. The van der Waals surface area contributed by atoms with Gasteiger partial charge in [-0.1, -0.05) is 0 Å². The van der Waals surface area contributed by atoms with Crippen LogP contribution in [0, 0.1) is 5.92 Å². The molecule has 1 aliphatic heterocycles. The van der Waals surface area contributed by atoms with Gasteiger partial charge in [0, 0.05) is 31.1 Å². The molecule has 0 aromatic carbocycles. The summed E-state index contributed by atoms with van der Waals surface area (Å²) in [7, 11) is 0. The van der Waals surface area contributed by atoms with E-state index in [0.717, 1.165) is 25.1 Å². The minimum Gasteiger partial charge on any atom is -0.356 e. The fraction of sp³-hybridized carbons (Fsp3) is 0.636. The van der Waals surface area contributed by atoms with Crippen LogP contribution in [-0.4, -0.2) is 22.2 Å². The van der Waals surface area contributed by atoms with Crippen LogP contribution in [0.4, 0.5) is 0 Å². The van der Waals surface area contributed by atoms with Crippen molar-refractivity contribution in [3.63, 3.8) is 0 Å². The van der Waals surface area contributed by atoms with E-state index < -0.39 is 0 Å². The summed E-state index contributed by atoms with van der Waals surface area (Å²) < 4.78 is 1.93. The Labute approximate surface area is 89.7 Å². The Kier molecular flexibility index (Phi) is 2.75. The molecule has 0 spiro atoms. The van der Waals surface area contributed by atoms with E-state index in [0.29, 0.717) is 6.04 Å². The topological polar surface area (TPSA) is 46.9 Å². The van der Waals surface area contributed by atoms with Crippen LogP contribution in [0.25, 0.3) is 0 Å². The van der Waals surface area contributed by atoms with E-state index >= 15 is 0 Å². The Hall–Kier alpha value is -1.32. The van der Waals surface area contributed by atoms with Crippen LogP contribution in [0.15, 0.2) is 12.3 Å². The lowest BCUT2D eigenvalue weighted by Crippen LogP contribution is -2.20. The van der Waals surface area contributed by atoms with Gasteiger partial charge >= 0.3 is 0 Å². The van der Waals surface area contributed by atoms with Crippen LogP contribution in [-0.2, 0) is 11.2 Å². The second-order valence-corrected chi connectivity index (χ2v) is 4.36. The Balaban J connectivity index is 2.01. The molecule has 1 aromatic rings. The summed E-state index contributed by atoms with van der Waals surface area (Å²) in [6, 6.07) is 2.39. The molecule has 15 heavy (non-hydrogen) atoms. The van der Waals surface area contributed by atoms with E-state index in [4.69, 9.17) is 0 Å². The van der Waals surface area contributed by atoms with E-state index in [-0.39, 0.29) is 11.8 Å². The molecule has 0 aliphatic carbocycles. The molecule has 1 fully saturated rings. The standard InChI is InChI=1S/C11H17N3O/c1-8(2)14-6-4-10(13-14)7-9-3-5-12-11(9)15/h4,6,8-9H,3,5,7H2,1-2H3,(H,12,15). The monoisotopic (exact) mass is 207 g/mol. The number of carbonyl (C=O) groups excluding carboxylic acids is 1. The van der Waals surface area contributed by atoms with Gasteiger partial charge in [0.2, 0.25) is 5.91 Å². The van der Waals surface area contributed by atoms with Gasteiger partial charge in [-0.2, -0.15) is 5.10 Å². The summed E-state index contributed by atoms with van der Waals surface area (Å²) in [4.78, 5) is 11.4. The molecular formula is C11H17N3O. The number of nitrogens with zero attached hydrogens (tertiary/aromatic N) is 2. The third kappa shape index (κ3) is 2.19. The van der Waals surface area contributed by atoms with Crippen LogP contribution in [0.5, 0.6) is 0 Å². The molecule has 0 saturated carbocycles. The van der Waals surface area contributed by atoms with Gasteiger partial charge in [-0.3, -0.25) is 9.48 Å². The van der Waals surface area contributed by atoms with Gasteiger partial charge in [0.15, 0.2) is 0 Å². The van der Waals surface area contributed by atoms with Crippen LogP contribution in [0.3, 0.4) is 0 Å². The second kappa shape index (κ2) is 4.04. The normalized spacial score (nSPS) is 21.0. The van der Waals surface area contributed by atoms with Gasteiger partial charge in [-0.25, -0.2) is 0 Å². The highest BCUT2D eigenvalue weighted by molar-refractivity contribution is 5.80. The largest absolute Gasteiger partial charge is 0.356 e. The number of aromatic nitrogens is 2. The van der Waals surface area contributed by atoms with Gasteiger partial charge in [-0.05, 0) is 26.3 Å². The fourth-order valence-corrected chi connectivity index (χ4v) is 1.87. The van der Waals surface area contributed by atoms with Crippen molar-refractivity contribution in [2.24, 2.45) is 5.92 Å². The van der Waals surface area contributed by atoms with E-state index in [1.54, 1.807) is 0 Å². The maximum absolute atomic E-state index is 11.4. The van der Waals surface area contributed by atoms with Crippen molar-refractivity contribution >= 4 is 5.91 Å². The Morgan fingerprint density at radius 1 is 1.67 bits per heavy atom. The molecule has 2 rings (SSSR count). The predicted octanol–water partition coefficient (Wildman–Crippen LogP) is 1.14. The quantitative estimate of drug-likeness (QED) is 0.808. The molecule has 1 N–H and O–H groups in total. The first-order chi connectivity index (χ1) is 7.16. The molecule has 0 bridgehead atoms. The van der Waals surface area contributed by atoms with Crippen molar-refractivity contribution in [1.29, 1.82) is 0 Å². The van der Waals surface area contributed by atoms with Crippen molar-refractivity contribution in [1.82, 2.24) is 15.1 Å². The van der Waals surface area contributed by atoms with Crippen molar-refractivity contribution in [3.05, 3.63) is 18.0 Å². The summed E-state index contributed by atoms with van der Waals surface area (Å²) >= 11 is 0. The Bertz CT molecular complexity index is 356. The molecular weight excluding hydrogens is 190 g/mol. The highest BCUT2D eigenvalue weighted by atomic mass is 16.2. The minimum atomic E-state index is 0.125. The lowest BCUT2D eigenvalue weighted by atomic mass is 10.0. The lowest BCUT2D eigenvalue weighted by molar-refractivity contribution is -0.122. The van der Waals surface area contributed by atoms with Gasteiger partial charge < -0.3 is 5.32 Å². The zero-order valence-electron chi connectivity index (χ0n) is 9.23. The molecule has 1 saturated heterocycles. The maximum atomic E-state index is 11.4. The third-order valence-electron chi connectivity index (χ3n) is 2.81. The first-order valence-electron chi connectivity index (χ1n) is 5.48. The average Bonchev–Trinajstić information content (AvgIpc) is 2.77. The number of hydrogen-bond donors (Lipinski definition) is 1. The van der Waals surface area contributed by atoms with Crippen LogP contribution < -0.4 is 5.32 Å². The summed E-state index contributed by atoms with van der Waals surface area (Å²) in [5, 5.41) is 7.29. The number of carbonyl (C=O) groups is 1. The first-order valence-corrected chi connectivity index (χ1v) is 5.48. The molecule has 2 heterocycles. The number of amides is 1. The highest BCUT2D eigenvalue weighted by Gasteiger charge is 2.24. The van der Waals surface area contributed by atoms with Crippen LogP contribution >= 0.6 is 0 Å². The fourth-order valence-electron chi connectivity index (χ4n) is 1.87. The third-order valence-corrected chi connectivity index (χ3v) is 2.81. The molecule has 82 valence electrons. The lowest BCUT2D eigenvalue weighted by Gasteiger charge is -2.05. The van der Waals surface area contributed by atoms with Gasteiger partial charge in [0.05, 0.1) is 5.69 Å². The number of hydrogen-bond acceptors (Lipinski definition) is 2. The van der Waals surface area contributed by atoms with Crippen molar-refractivity contribution in [2.75, 3.05) is 6.54 Å². The molecule has 0 radical (unpaired) electrons. The first kappa shape index (κ1) is 10.2. The summed E-state index contributed by atoms with van der Waals surface area (Å²) in [6.07, 6.45) is 3.69. The van der Waals surface area contributed by atoms with E-state index in [2.05, 4.69) is 24.3 Å². The average molecular weight is 207 g/mol. The van der Waals surface area contributed by atoms with Crippen molar-refractivity contribution < 1.29 is 4.79 Å². The highest BCUT2D eigenvalue weighted by Crippen LogP contribution is 2.15. The smallest absolute Gasteiger partial charge is 0.223 e. The van der Waals surface area contributed by atoms with Crippen molar-refractivity contribution in [2.45, 2.75) is 32.7 Å². The summed E-state index contributed by atoms with van der Waals surface area (Å²) in [5.41, 5.74) is 1.02. The Morgan fingerprint density at radius 2 is 2.47 bits per heavy atom. The molecule has 1 amide bonds. The van der Waals surface area contributed by atoms with Crippen LogP contribution in [0.1, 0.15) is 32.0 Å². The second-order valence-electron chi connectivity index (χ2n) is 4.36. The molecule has 4 nitrogen and oxygen atoms in total. The molecule has 1 aliphatic rings. The molecule has 1 aromatic heterocycles. The molecule has 4 heteroatoms. The van der Waals surface area contributed by atoms with Crippen LogP contribution in [0.2, 0.25) is 0 Å². The van der Waals surface area contributed by atoms with Gasteiger partial charge in [-0.15, -0.1) is 0 Å². The van der Waals surface area contributed by atoms with E-state index in [1.165, 1.54) is 0 Å². The summed E-state index contributed by atoms with van der Waals surface area (Å²) in [6.45, 7) is 5.01. The van der Waals surface area contributed by atoms with E-state index in [1.807, 2.05) is 16.9 Å². The Morgan fingerprint density at radius 3 is 3.00 bits per heavy atom. The number of rotatable bonds is 3. The van der Waals surface area contributed by atoms with E-state index in [9.17, 15) is 4.79 Å². The van der Waals surface area contributed by atoms with Crippen molar-refractivity contribution in [3.8, 4) is 0 Å². The molecule has 1 atom stereocenters. The number of nitrogens with one attached hydrogen (secondary N) is 1. The molecule has 1 unspecified atom stereocenters. The minimum absolute atomic E-state index is 0.125. The zero-order valence-corrected chi connectivity index (χ0v) is 9.23. The predicted molar refractivity (Wildman–Crippen MR) is 57.4 cm³/mol. The van der Waals surface area contributed by atoms with Gasteiger partial charge in [0.25, 0.3) is 0 Å².